The summed E-state index contributed by atoms with van der Waals surface area (Å²) in [6, 6.07) is 0. The minimum Gasteiger partial charge on any atom is -0.295 e. The highest BCUT2D eigenvalue weighted by atomic mass is 79.9. The summed E-state index contributed by atoms with van der Waals surface area (Å²) in [7, 11) is 0. The van der Waals surface area contributed by atoms with E-state index in [0.29, 0.717) is 11.5 Å². The van der Waals surface area contributed by atoms with Crippen molar-refractivity contribution < 1.29 is 4.79 Å². The topological polar surface area (TPSA) is 92.5 Å². The van der Waals surface area contributed by atoms with Gasteiger partial charge < -0.3 is 0 Å². The van der Waals surface area contributed by atoms with Crippen LogP contribution in [0, 0.1) is 0 Å². The van der Waals surface area contributed by atoms with E-state index in [1.807, 2.05) is 0 Å². The number of nitrogens with two attached hydrogens (primary N) is 1. The van der Waals surface area contributed by atoms with Crippen LogP contribution in [-0.4, -0.2) is 34.1 Å². The van der Waals surface area contributed by atoms with Crippen LogP contribution in [0.3, 0.4) is 0 Å². The Morgan fingerprint density at radius 2 is 2.36 bits per heavy atom. The number of aliphatic imine (C=N–C) groups is 4. The lowest BCUT2D eigenvalue weighted by atomic mass is 10.00. The Kier molecular flexibility index (Phi) is 1.93. The van der Waals surface area contributed by atoms with Gasteiger partial charge >= 0.3 is 0 Å². The van der Waals surface area contributed by atoms with E-state index < -0.39 is 5.66 Å². The molecule has 0 spiro atoms. The molecule has 0 saturated carbocycles. The Bertz CT molecular complexity index is 435. The number of halogens is 1. The summed E-state index contributed by atoms with van der Waals surface area (Å²) in [5.41, 5.74) is 4.67. The number of ketones is 1. The molecule has 2 heterocycles. The zero-order valence-electron chi connectivity index (χ0n) is 7.23. The number of hydrogen-bond acceptors (Lipinski definition) is 6. The van der Waals surface area contributed by atoms with Crippen molar-refractivity contribution in [3.63, 3.8) is 0 Å². The second-order valence-electron chi connectivity index (χ2n) is 2.86. The predicted molar refractivity (Wildman–Crippen MR) is 57.3 cm³/mol. The smallest absolute Gasteiger partial charge is 0.216 e. The van der Waals surface area contributed by atoms with Crippen molar-refractivity contribution >= 4 is 44.3 Å². The molecular weight excluding hydrogens is 250 g/mol. The largest absolute Gasteiger partial charge is 0.295 e. The second kappa shape index (κ2) is 2.89. The molecule has 0 aromatic rings. The molecule has 0 fully saturated rings. The molecule has 0 radical (unpaired) electrons. The molecule has 0 amide bonds. The number of nitrogens with zero attached hydrogens (tertiary/aromatic N) is 4. The van der Waals surface area contributed by atoms with Crippen LogP contribution in [0.2, 0.25) is 0 Å². The van der Waals surface area contributed by atoms with E-state index >= 15 is 0 Å². The van der Waals surface area contributed by atoms with Gasteiger partial charge in [-0.25, -0.2) is 20.0 Å². The minimum atomic E-state index is -1.45. The van der Waals surface area contributed by atoms with E-state index in [9.17, 15) is 4.79 Å². The molecule has 2 aliphatic heterocycles. The molecular formula is C7H6BrN5O. The Morgan fingerprint density at radius 1 is 1.64 bits per heavy atom. The van der Waals surface area contributed by atoms with Gasteiger partial charge in [-0.05, 0) is 22.9 Å². The van der Waals surface area contributed by atoms with Gasteiger partial charge in [0.25, 0.3) is 0 Å². The first-order valence-electron chi connectivity index (χ1n) is 3.79. The quantitative estimate of drug-likeness (QED) is 0.662. The third kappa shape index (κ3) is 1.17. The van der Waals surface area contributed by atoms with Crippen LogP contribution in [-0.2, 0) is 4.79 Å². The fourth-order valence-corrected chi connectivity index (χ4v) is 1.61. The number of rotatable bonds is 1. The molecule has 14 heavy (non-hydrogen) atoms. The average molecular weight is 256 g/mol. The maximum Gasteiger partial charge on any atom is 0.216 e. The third-order valence-corrected chi connectivity index (χ3v) is 2.30. The lowest BCUT2D eigenvalue weighted by Gasteiger charge is -2.24. The van der Waals surface area contributed by atoms with Gasteiger partial charge in [0.05, 0.1) is 0 Å². The van der Waals surface area contributed by atoms with Crippen LogP contribution < -0.4 is 5.73 Å². The molecule has 0 saturated heterocycles. The molecule has 2 N–H and O–H groups in total. The zero-order valence-corrected chi connectivity index (χ0v) is 8.82. The van der Waals surface area contributed by atoms with Crippen LogP contribution in [0.15, 0.2) is 20.0 Å². The second-order valence-corrected chi connectivity index (χ2v) is 3.57. The molecule has 2 aliphatic rings. The van der Waals surface area contributed by atoms with Crippen molar-refractivity contribution in [3.05, 3.63) is 0 Å². The van der Waals surface area contributed by atoms with Gasteiger partial charge in [-0.1, -0.05) is 0 Å². The lowest BCUT2D eigenvalue weighted by Crippen LogP contribution is -2.56. The van der Waals surface area contributed by atoms with Crippen LogP contribution in [0.5, 0.6) is 0 Å². The van der Waals surface area contributed by atoms with Crippen molar-refractivity contribution in [3.8, 4) is 0 Å². The molecule has 72 valence electrons. The molecule has 0 aliphatic carbocycles. The van der Waals surface area contributed by atoms with Gasteiger partial charge in [0.2, 0.25) is 5.66 Å². The standard InChI is InChI=1S/C7H6BrN5O/c1-3(14)7(9)4-5(11-2-10-4)12-6(8)13-7/h2H,9H2,1H3. The average Bonchev–Trinajstić information content (AvgIpc) is 2.51. The van der Waals surface area contributed by atoms with Gasteiger partial charge in [-0.15, -0.1) is 0 Å². The van der Waals surface area contributed by atoms with E-state index in [0.717, 1.165) is 0 Å². The zero-order chi connectivity index (χ0) is 10.3. The van der Waals surface area contributed by atoms with E-state index in [1.54, 1.807) is 0 Å². The summed E-state index contributed by atoms with van der Waals surface area (Å²) in [6.45, 7) is 1.35. The van der Waals surface area contributed by atoms with E-state index in [4.69, 9.17) is 5.73 Å². The highest BCUT2D eigenvalue weighted by Crippen LogP contribution is 2.19. The van der Waals surface area contributed by atoms with Gasteiger partial charge in [-0.2, -0.15) is 0 Å². The summed E-state index contributed by atoms with van der Waals surface area (Å²) in [5, 5.41) is 0. The van der Waals surface area contributed by atoms with Gasteiger partial charge in [-0.3, -0.25) is 10.5 Å². The molecule has 0 bridgehead atoms. The fourth-order valence-electron chi connectivity index (χ4n) is 1.17. The SMILES string of the molecule is CC(=O)C1(N)N=C(Br)N=C2N=CN=C21. The van der Waals surface area contributed by atoms with E-state index in [-0.39, 0.29) is 10.5 Å². The maximum absolute atomic E-state index is 11.4. The summed E-state index contributed by atoms with van der Waals surface area (Å²) in [6.07, 6.45) is 1.31. The molecule has 2 rings (SSSR count). The fraction of sp³-hybridized carbons (Fsp3) is 0.286. The molecule has 1 unspecified atom stereocenters. The van der Waals surface area contributed by atoms with E-state index in [2.05, 4.69) is 35.9 Å². The van der Waals surface area contributed by atoms with Crippen LogP contribution in [0.1, 0.15) is 6.92 Å². The molecule has 0 aromatic carbocycles. The lowest BCUT2D eigenvalue weighted by molar-refractivity contribution is -0.119. The van der Waals surface area contributed by atoms with Gasteiger partial charge in [0.15, 0.2) is 16.4 Å². The van der Waals surface area contributed by atoms with Gasteiger partial charge in [0.1, 0.15) is 12.1 Å². The first-order chi connectivity index (χ1) is 6.54. The Hall–Kier alpha value is -1.21. The van der Waals surface area contributed by atoms with E-state index in [1.165, 1.54) is 13.3 Å². The van der Waals surface area contributed by atoms with Crippen molar-refractivity contribution in [2.24, 2.45) is 25.7 Å². The normalized spacial score (nSPS) is 29.2. The van der Waals surface area contributed by atoms with Crippen molar-refractivity contribution in [2.45, 2.75) is 12.6 Å². The number of amidine groups is 2. The Labute approximate surface area is 87.9 Å². The highest BCUT2D eigenvalue weighted by molar-refractivity contribution is 9.18. The predicted octanol–water partition coefficient (Wildman–Crippen LogP) is -0.124. The maximum atomic E-state index is 11.4. The number of fused-ring (bicyclic) bond motifs is 1. The summed E-state index contributed by atoms with van der Waals surface area (Å²) >= 11 is 3.07. The molecule has 7 heteroatoms. The number of Topliss-reactive ketones (excluding diaryl/α,β-unsaturated/α-hetero) is 1. The van der Waals surface area contributed by atoms with Gasteiger partial charge in [0, 0.05) is 0 Å². The molecule has 1 atom stereocenters. The van der Waals surface area contributed by atoms with Crippen molar-refractivity contribution in [1.82, 2.24) is 0 Å². The number of carbonyl (C=O) groups is 1. The number of carbonyl (C=O) groups excluding carboxylic acids is 1. The number of hydrogen-bond donors (Lipinski definition) is 1. The Morgan fingerprint density at radius 3 is 3.00 bits per heavy atom. The first kappa shape index (κ1) is 9.35. The van der Waals surface area contributed by atoms with Crippen molar-refractivity contribution in [2.75, 3.05) is 0 Å². The first-order valence-corrected chi connectivity index (χ1v) is 4.58. The Balaban J connectivity index is 2.57. The monoisotopic (exact) mass is 255 g/mol. The molecule has 6 nitrogen and oxygen atoms in total. The summed E-state index contributed by atoms with van der Waals surface area (Å²) in [4.78, 5) is 27.0. The highest BCUT2D eigenvalue weighted by Gasteiger charge is 2.43. The van der Waals surface area contributed by atoms with Crippen molar-refractivity contribution in [1.29, 1.82) is 0 Å². The molecule has 0 aromatic heterocycles. The summed E-state index contributed by atoms with van der Waals surface area (Å²) in [5.74, 6) is 0.0377. The third-order valence-electron chi connectivity index (χ3n) is 1.94. The minimum absolute atomic E-state index is 0.253. The van der Waals surface area contributed by atoms with Crippen LogP contribution in [0.4, 0.5) is 0 Å². The summed E-state index contributed by atoms with van der Waals surface area (Å²) < 4.78 is 0.253. The van der Waals surface area contributed by atoms with Crippen LogP contribution >= 0.6 is 15.9 Å². The van der Waals surface area contributed by atoms with Crippen LogP contribution in [0.25, 0.3) is 0 Å².